The van der Waals surface area contributed by atoms with Gasteiger partial charge in [-0.3, -0.25) is 4.79 Å². The van der Waals surface area contributed by atoms with E-state index in [1.807, 2.05) is 0 Å². The molecule has 0 aromatic heterocycles. The van der Waals surface area contributed by atoms with E-state index in [4.69, 9.17) is 0 Å². The molecule has 0 aliphatic rings. The van der Waals surface area contributed by atoms with Crippen molar-refractivity contribution in [2.75, 3.05) is 0 Å². The van der Waals surface area contributed by atoms with Crippen molar-refractivity contribution in [3.05, 3.63) is 34.9 Å². The second-order valence-corrected chi connectivity index (χ2v) is 4.68. The average Bonchev–Trinajstić information content (AvgIpc) is 2.10. The van der Waals surface area contributed by atoms with Gasteiger partial charge in [0.2, 0.25) is 0 Å². The summed E-state index contributed by atoms with van der Waals surface area (Å²) in [5.41, 5.74) is 3.85. The average molecular weight is 204 g/mol. The fourth-order valence-corrected chi connectivity index (χ4v) is 1.86. The highest BCUT2D eigenvalue weighted by Gasteiger charge is 2.07. The molecule has 0 atom stereocenters. The van der Waals surface area contributed by atoms with Crippen LogP contribution in [0.4, 0.5) is 0 Å². The van der Waals surface area contributed by atoms with Crippen LogP contribution in [0.5, 0.6) is 0 Å². The third kappa shape index (κ3) is 3.50. The lowest BCUT2D eigenvalue weighted by Crippen LogP contribution is -2.03. The molecule has 0 aliphatic carbocycles. The second kappa shape index (κ2) is 5.11. The van der Waals surface area contributed by atoms with Crippen LogP contribution in [0.25, 0.3) is 0 Å². The minimum Gasteiger partial charge on any atom is -0.300 e. The Labute approximate surface area is 92.5 Å². The van der Waals surface area contributed by atoms with E-state index in [0.717, 1.165) is 6.42 Å². The summed E-state index contributed by atoms with van der Waals surface area (Å²) >= 11 is 0. The highest BCUT2D eigenvalue weighted by Crippen LogP contribution is 2.17. The van der Waals surface area contributed by atoms with Gasteiger partial charge in [-0.05, 0) is 42.9 Å². The van der Waals surface area contributed by atoms with E-state index < -0.39 is 0 Å². The first kappa shape index (κ1) is 12.0. The van der Waals surface area contributed by atoms with Crippen LogP contribution in [-0.4, -0.2) is 5.78 Å². The monoisotopic (exact) mass is 204 g/mol. The van der Waals surface area contributed by atoms with Crippen LogP contribution in [0, 0.1) is 12.8 Å². The van der Waals surface area contributed by atoms with Crippen LogP contribution >= 0.6 is 0 Å². The van der Waals surface area contributed by atoms with E-state index in [0.29, 0.717) is 12.3 Å². The van der Waals surface area contributed by atoms with Crippen molar-refractivity contribution in [1.29, 1.82) is 0 Å². The first-order valence-electron chi connectivity index (χ1n) is 5.57. The van der Waals surface area contributed by atoms with Crippen molar-refractivity contribution in [3.8, 4) is 0 Å². The Balaban J connectivity index is 2.95. The molecule has 1 nitrogen and oxygen atoms in total. The minimum absolute atomic E-state index is 0.236. The fourth-order valence-electron chi connectivity index (χ4n) is 1.86. The quantitative estimate of drug-likeness (QED) is 0.735. The van der Waals surface area contributed by atoms with Gasteiger partial charge in [0, 0.05) is 6.42 Å². The van der Waals surface area contributed by atoms with Gasteiger partial charge in [-0.15, -0.1) is 0 Å². The molecule has 0 aliphatic heterocycles. The molecule has 0 fully saturated rings. The van der Waals surface area contributed by atoms with Gasteiger partial charge >= 0.3 is 0 Å². The van der Waals surface area contributed by atoms with Gasteiger partial charge in [0.15, 0.2) is 0 Å². The first-order valence-corrected chi connectivity index (χ1v) is 5.57. The molecule has 0 saturated carbocycles. The molecule has 0 N–H and O–H groups in total. The van der Waals surface area contributed by atoms with Crippen LogP contribution in [0.15, 0.2) is 18.2 Å². The summed E-state index contributed by atoms with van der Waals surface area (Å²) in [6.45, 7) is 8.21. The fraction of sp³-hybridized carbons (Fsp3) is 0.500. The molecular weight excluding hydrogens is 184 g/mol. The zero-order chi connectivity index (χ0) is 11.4. The maximum atomic E-state index is 11.1. The molecular formula is C14H20O. The Morgan fingerprint density at radius 1 is 1.27 bits per heavy atom. The molecule has 82 valence electrons. The number of hydrogen-bond donors (Lipinski definition) is 0. The summed E-state index contributed by atoms with van der Waals surface area (Å²) in [6.07, 6.45) is 1.66. The number of Topliss-reactive ketones (excluding diaryl/α,β-unsaturated/α-hetero) is 1. The van der Waals surface area contributed by atoms with E-state index >= 15 is 0 Å². The summed E-state index contributed by atoms with van der Waals surface area (Å²) in [5.74, 6) is 0.899. The van der Waals surface area contributed by atoms with E-state index in [9.17, 15) is 4.79 Å². The minimum atomic E-state index is 0.236. The molecule has 0 amide bonds. The van der Waals surface area contributed by atoms with Gasteiger partial charge in [0.25, 0.3) is 0 Å². The van der Waals surface area contributed by atoms with Crippen molar-refractivity contribution in [2.45, 2.75) is 40.5 Å². The molecule has 15 heavy (non-hydrogen) atoms. The lowest BCUT2D eigenvalue weighted by Gasteiger charge is -2.12. The molecule has 1 aromatic rings. The predicted molar refractivity (Wildman–Crippen MR) is 64.1 cm³/mol. The second-order valence-electron chi connectivity index (χ2n) is 4.68. The van der Waals surface area contributed by atoms with Crippen LogP contribution in [0.3, 0.4) is 0 Å². The Hall–Kier alpha value is -1.11. The molecule has 0 heterocycles. The van der Waals surface area contributed by atoms with Gasteiger partial charge in [-0.2, -0.15) is 0 Å². The topological polar surface area (TPSA) is 17.1 Å². The number of hydrogen-bond acceptors (Lipinski definition) is 1. The van der Waals surface area contributed by atoms with Gasteiger partial charge in [0.1, 0.15) is 5.78 Å². The highest BCUT2D eigenvalue weighted by atomic mass is 16.1. The van der Waals surface area contributed by atoms with Gasteiger partial charge in [-0.1, -0.05) is 32.0 Å². The molecule has 1 aromatic carbocycles. The highest BCUT2D eigenvalue weighted by molar-refractivity contribution is 5.78. The smallest absolute Gasteiger partial charge is 0.134 e. The maximum absolute atomic E-state index is 11.1. The summed E-state index contributed by atoms with van der Waals surface area (Å²) in [7, 11) is 0. The Bertz CT molecular complexity index is 350. The van der Waals surface area contributed by atoms with Gasteiger partial charge in [-0.25, -0.2) is 0 Å². The molecule has 0 radical (unpaired) electrons. The first-order chi connectivity index (χ1) is 7.00. The Morgan fingerprint density at radius 2 is 1.87 bits per heavy atom. The van der Waals surface area contributed by atoms with Crippen LogP contribution in [-0.2, 0) is 17.6 Å². The van der Waals surface area contributed by atoms with Crippen molar-refractivity contribution in [1.82, 2.24) is 0 Å². The zero-order valence-electron chi connectivity index (χ0n) is 10.1. The Morgan fingerprint density at radius 3 is 2.40 bits per heavy atom. The van der Waals surface area contributed by atoms with Crippen LogP contribution < -0.4 is 0 Å². The number of carbonyl (C=O) groups excluding carboxylic acids is 1. The van der Waals surface area contributed by atoms with Crippen molar-refractivity contribution >= 4 is 5.78 Å². The summed E-state index contributed by atoms with van der Waals surface area (Å²) in [6, 6.07) is 6.28. The number of benzene rings is 1. The standard InChI is InChI=1S/C14H20O/c1-10(2)8-13-6-5-7-14(12(13)4)9-11(3)15/h5-7,10H,8-9H2,1-4H3. The predicted octanol–water partition coefficient (Wildman–Crippen LogP) is 3.33. The molecule has 1 heteroatoms. The lowest BCUT2D eigenvalue weighted by molar-refractivity contribution is -0.116. The molecule has 0 bridgehead atoms. The van der Waals surface area contributed by atoms with Crippen LogP contribution in [0.1, 0.15) is 37.5 Å². The largest absolute Gasteiger partial charge is 0.300 e. The Kier molecular flexibility index (Phi) is 4.07. The van der Waals surface area contributed by atoms with Crippen LogP contribution in [0.2, 0.25) is 0 Å². The van der Waals surface area contributed by atoms with E-state index in [-0.39, 0.29) is 5.78 Å². The molecule has 0 saturated heterocycles. The molecule has 0 unspecified atom stereocenters. The number of rotatable bonds is 4. The zero-order valence-corrected chi connectivity index (χ0v) is 10.1. The van der Waals surface area contributed by atoms with Crippen molar-refractivity contribution in [3.63, 3.8) is 0 Å². The van der Waals surface area contributed by atoms with Crippen molar-refractivity contribution in [2.24, 2.45) is 5.92 Å². The SMILES string of the molecule is CC(=O)Cc1cccc(CC(C)C)c1C. The summed E-state index contributed by atoms with van der Waals surface area (Å²) in [5, 5.41) is 0. The number of carbonyl (C=O) groups is 1. The molecule has 1 rings (SSSR count). The van der Waals surface area contributed by atoms with E-state index in [1.165, 1.54) is 16.7 Å². The molecule has 0 spiro atoms. The van der Waals surface area contributed by atoms with E-state index in [2.05, 4.69) is 39.0 Å². The lowest BCUT2D eigenvalue weighted by atomic mass is 9.93. The van der Waals surface area contributed by atoms with Crippen molar-refractivity contribution < 1.29 is 4.79 Å². The summed E-state index contributed by atoms with van der Waals surface area (Å²) < 4.78 is 0. The number of ketones is 1. The van der Waals surface area contributed by atoms with E-state index in [1.54, 1.807) is 6.92 Å². The normalized spacial score (nSPS) is 10.7. The maximum Gasteiger partial charge on any atom is 0.134 e. The summed E-state index contributed by atoms with van der Waals surface area (Å²) in [4.78, 5) is 11.1. The third-order valence-corrected chi connectivity index (χ3v) is 2.63. The van der Waals surface area contributed by atoms with Gasteiger partial charge < -0.3 is 0 Å². The van der Waals surface area contributed by atoms with Gasteiger partial charge in [0.05, 0.1) is 0 Å². The third-order valence-electron chi connectivity index (χ3n) is 2.63.